The minimum Gasteiger partial charge on any atom is -0.458 e. The zero-order chi connectivity index (χ0) is 17.6. The lowest BCUT2D eigenvalue weighted by Gasteiger charge is -2.16. The Bertz CT molecular complexity index is 956. The van der Waals surface area contributed by atoms with E-state index in [-0.39, 0.29) is 5.91 Å². The molecule has 5 heteroatoms. The van der Waals surface area contributed by atoms with Crippen molar-refractivity contribution >= 4 is 34.2 Å². The first-order valence-corrected chi connectivity index (χ1v) is 8.73. The molecule has 0 fully saturated rings. The largest absolute Gasteiger partial charge is 0.458 e. The molecule has 0 radical (unpaired) electrons. The molecule has 1 aliphatic carbocycles. The van der Waals surface area contributed by atoms with Crippen LogP contribution in [0.1, 0.15) is 46.2 Å². The molecule has 128 valence electrons. The molecule has 1 heterocycles. The molecule has 1 atom stereocenters. The Morgan fingerprint density at radius 2 is 2.08 bits per heavy atom. The van der Waals surface area contributed by atoms with Gasteiger partial charge in [0, 0.05) is 17.4 Å². The van der Waals surface area contributed by atoms with Crippen LogP contribution in [0, 0.1) is 6.92 Å². The monoisotopic (exact) mass is 355 g/mol. The van der Waals surface area contributed by atoms with Crippen molar-refractivity contribution in [3.8, 4) is 0 Å². The highest BCUT2D eigenvalue weighted by Crippen LogP contribution is 2.40. The maximum absolute atomic E-state index is 12.7. The van der Waals surface area contributed by atoms with E-state index < -0.39 is 6.10 Å². The normalized spacial score (nSPS) is 16.7. The van der Waals surface area contributed by atoms with Crippen LogP contribution >= 0.6 is 11.6 Å². The predicted molar refractivity (Wildman–Crippen MR) is 98.3 cm³/mol. The van der Waals surface area contributed by atoms with Crippen molar-refractivity contribution in [2.24, 2.45) is 0 Å². The van der Waals surface area contributed by atoms with Gasteiger partial charge in [-0.3, -0.25) is 4.79 Å². The Balaban J connectivity index is 1.77. The lowest BCUT2D eigenvalue weighted by atomic mass is 9.93. The first kappa shape index (κ1) is 16.2. The van der Waals surface area contributed by atoms with Crippen LogP contribution in [0.15, 0.2) is 40.8 Å². The van der Waals surface area contributed by atoms with Crippen LogP contribution in [0.4, 0.5) is 5.69 Å². The smallest absolute Gasteiger partial charge is 0.257 e. The van der Waals surface area contributed by atoms with Crippen molar-refractivity contribution in [3.63, 3.8) is 0 Å². The fourth-order valence-electron chi connectivity index (χ4n) is 3.54. The topological polar surface area (TPSA) is 62.5 Å². The second-order valence-electron chi connectivity index (χ2n) is 6.42. The Kier molecular flexibility index (Phi) is 4.02. The van der Waals surface area contributed by atoms with Crippen molar-refractivity contribution in [1.29, 1.82) is 0 Å². The van der Waals surface area contributed by atoms with Crippen molar-refractivity contribution < 1.29 is 14.3 Å². The summed E-state index contributed by atoms with van der Waals surface area (Å²) in [5.74, 6) is 0.537. The highest BCUT2D eigenvalue weighted by molar-refractivity contribution is 6.34. The fourth-order valence-corrected chi connectivity index (χ4v) is 3.85. The van der Waals surface area contributed by atoms with Gasteiger partial charge in [-0.05, 0) is 37.5 Å². The number of aliphatic hydroxyl groups is 1. The molecule has 0 spiro atoms. The van der Waals surface area contributed by atoms with Crippen LogP contribution in [-0.2, 0) is 6.42 Å². The number of para-hydroxylation sites is 1. The van der Waals surface area contributed by atoms with Gasteiger partial charge in [-0.25, -0.2) is 0 Å². The van der Waals surface area contributed by atoms with Gasteiger partial charge in [0.25, 0.3) is 5.91 Å². The van der Waals surface area contributed by atoms with Crippen molar-refractivity contribution in [3.05, 3.63) is 63.9 Å². The van der Waals surface area contributed by atoms with Gasteiger partial charge < -0.3 is 14.8 Å². The van der Waals surface area contributed by atoms with Crippen LogP contribution in [0.5, 0.6) is 0 Å². The molecule has 25 heavy (non-hydrogen) atoms. The van der Waals surface area contributed by atoms with Crippen LogP contribution in [-0.4, -0.2) is 11.0 Å². The molecule has 4 nitrogen and oxygen atoms in total. The number of amides is 1. The summed E-state index contributed by atoms with van der Waals surface area (Å²) in [6.07, 6.45) is 1.92. The molecular formula is C20H18ClNO3. The fraction of sp³-hybridized carbons (Fsp3) is 0.250. The number of furan rings is 1. The number of anilines is 1. The lowest BCUT2D eigenvalue weighted by molar-refractivity contribution is 0.102. The van der Waals surface area contributed by atoms with Crippen LogP contribution < -0.4 is 5.32 Å². The highest BCUT2D eigenvalue weighted by Gasteiger charge is 2.26. The third-order valence-electron chi connectivity index (χ3n) is 4.74. The van der Waals surface area contributed by atoms with Gasteiger partial charge in [0.2, 0.25) is 0 Å². The molecule has 0 saturated heterocycles. The van der Waals surface area contributed by atoms with Gasteiger partial charge in [-0.15, -0.1) is 0 Å². The Morgan fingerprint density at radius 3 is 2.88 bits per heavy atom. The molecular weight excluding hydrogens is 338 g/mol. The number of carbonyl (C=O) groups excluding carboxylic acids is 1. The lowest BCUT2D eigenvalue weighted by Crippen LogP contribution is -2.14. The Hall–Kier alpha value is -2.30. The van der Waals surface area contributed by atoms with E-state index in [9.17, 15) is 9.90 Å². The minimum atomic E-state index is -0.512. The van der Waals surface area contributed by atoms with Crippen molar-refractivity contribution in [1.82, 2.24) is 0 Å². The molecule has 2 aromatic carbocycles. The molecule has 4 rings (SSSR count). The standard InChI is InChI=1S/C20H18ClNO3/c1-11-5-2-7-13(21)17(11)20(24)22-14-8-3-6-12-18-15(23)9-4-10-16(18)25-19(12)14/h2-3,5-8,15,23H,4,9-10H2,1H3,(H,22,24). The minimum absolute atomic E-state index is 0.273. The highest BCUT2D eigenvalue weighted by atomic mass is 35.5. The number of halogens is 1. The summed E-state index contributed by atoms with van der Waals surface area (Å²) in [5.41, 5.74) is 3.31. The predicted octanol–water partition coefficient (Wildman–Crippen LogP) is 5.02. The van der Waals surface area contributed by atoms with Gasteiger partial charge in [0.05, 0.1) is 22.4 Å². The summed E-state index contributed by atoms with van der Waals surface area (Å²) in [6, 6.07) is 10.9. The van der Waals surface area contributed by atoms with Gasteiger partial charge in [0.1, 0.15) is 5.76 Å². The van der Waals surface area contributed by atoms with Gasteiger partial charge in [0.15, 0.2) is 5.58 Å². The first-order chi connectivity index (χ1) is 12.1. The van der Waals surface area contributed by atoms with E-state index >= 15 is 0 Å². The number of aliphatic hydroxyl groups excluding tert-OH is 1. The molecule has 1 unspecified atom stereocenters. The summed E-state index contributed by atoms with van der Waals surface area (Å²) >= 11 is 6.19. The summed E-state index contributed by atoms with van der Waals surface area (Å²) in [6.45, 7) is 1.85. The van der Waals surface area contributed by atoms with E-state index in [1.807, 2.05) is 31.2 Å². The van der Waals surface area contributed by atoms with Gasteiger partial charge in [-0.1, -0.05) is 35.9 Å². The summed E-state index contributed by atoms with van der Waals surface area (Å²) in [5, 5.41) is 14.5. The number of nitrogens with one attached hydrogen (secondary N) is 1. The third kappa shape index (κ3) is 2.71. The number of aryl methyl sites for hydroxylation is 2. The summed E-state index contributed by atoms with van der Waals surface area (Å²) in [7, 11) is 0. The van der Waals surface area contributed by atoms with E-state index in [4.69, 9.17) is 16.0 Å². The molecule has 1 aliphatic rings. The molecule has 1 amide bonds. The van der Waals surface area contributed by atoms with E-state index in [0.717, 1.165) is 41.5 Å². The maximum Gasteiger partial charge on any atom is 0.257 e. The first-order valence-electron chi connectivity index (χ1n) is 8.35. The third-order valence-corrected chi connectivity index (χ3v) is 5.06. The number of benzene rings is 2. The number of rotatable bonds is 2. The number of hydrogen-bond acceptors (Lipinski definition) is 3. The molecule has 2 N–H and O–H groups in total. The van der Waals surface area contributed by atoms with Gasteiger partial charge in [-0.2, -0.15) is 0 Å². The van der Waals surface area contributed by atoms with Crippen LogP contribution in [0.2, 0.25) is 5.02 Å². The van der Waals surface area contributed by atoms with Crippen molar-refractivity contribution in [2.75, 3.05) is 5.32 Å². The number of fused-ring (bicyclic) bond motifs is 3. The van der Waals surface area contributed by atoms with Crippen LogP contribution in [0.3, 0.4) is 0 Å². The van der Waals surface area contributed by atoms with E-state index in [1.165, 1.54) is 0 Å². The van der Waals surface area contributed by atoms with E-state index in [0.29, 0.717) is 21.9 Å². The second kappa shape index (κ2) is 6.21. The maximum atomic E-state index is 12.7. The SMILES string of the molecule is Cc1cccc(Cl)c1C(=O)Nc1cccc2c3c(oc12)CCCC3O. The zero-order valence-electron chi connectivity index (χ0n) is 13.8. The average molecular weight is 356 g/mol. The van der Waals surface area contributed by atoms with E-state index in [1.54, 1.807) is 12.1 Å². The molecule has 3 aromatic rings. The second-order valence-corrected chi connectivity index (χ2v) is 6.82. The van der Waals surface area contributed by atoms with E-state index in [2.05, 4.69) is 5.32 Å². The summed E-state index contributed by atoms with van der Waals surface area (Å²) < 4.78 is 5.98. The molecule has 1 aromatic heterocycles. The molecule has 0 bridgehead atoms. The number of carbonyl (C=O) groups is 1. The zero-order valence-corrected chi connectivity index (χ0v) is 14.6. The Morgan fingerprint density at radius 1 is 1.28 bits per heavy atom. The van der Waals surface area contributed by atoms with Crippen molar-refractivity contribution in [2.45, 2.75) is 32.3 Å². The quantitative estimate of drug-likeness (QED) is 0.678. The van der Waals surface area contributed by atoms with Crippen LogP contribution in [0.25, 0.3) is 11.0 Å². The van der Waals surface area contributed by atoms with Gasteiger partial charge >= 0.3 is 0 Å². The molecule has 0 saturated carbocycles. The molecule has 0 aliphatic heterocycles. The Labute approximate surface area is 150 Å². The number of hydrogen-bond donors (Lipinski definition) is 2. The summed E-state index contributed by atoms with van der Waals surface area (Å²) in [4.78, 5) is 12.7. The average Bonchev–Trinajstić information content (AvgIpc) is 2.96.